The van der Waals surface area contributed by atoms with Gasteiger partial charge in [-0.3, -0.25) is 4.79 Å². The number of amides is 1. The summed E-state index contributed by atoms with van der Waals surface area (Å²) in [6.07, 6.45) is 6.97. The number of hydrogen-bond acceptors (Lipinski definition) is 3. The van der Waals surface area contributed by atoms with Crippen LogP contribution in [0.15, 0.2) is 41.6 Å². The average molecular weight is 337 g/mol. The maximum atomic E-state index is 12.3. The van der Waals surface area contributed by atoms with Gasteiger partial charge in [0.05, 0.1) is 11.1 Å². The summed E-state index contributed by atoms with van der Waals surface area (Å²) in [5, 5.41) is 5.22. The first kappa shape index (κ1) is 15.1. The molecule has 2 aromatic heterocycles. The Balaban J connectivity index is 1.47. The van der Waals surface area contributed by atoms with Crippen molar-refractivity contribution >= 4 is 34.4 Å². The van der Waals surface area contributed by atoms with Gasteiger partial charge >= 0.3 is 0 Å². The highest BCUT2D eigenvalue weighted by atomic mass is 32.1. The van der Waals surface area contributed by atoms with Crippen molar-refractivity contribution in [2.75, 3.05) is 0 Å². The Labute approximate surface area is 144 Å². The number of carbonyl (C=O) groups excluding carboxylic acids is 1. The summed E-state index contributed by atoms with van der Waals surface area (Å²) in [7, 11) is 0. The third-order valence-electron chi connectivity index (χ3n) is 4.54. The van der Waals surface area contributed by atoms with E-state index in [0.717, 1.165) is 34.2 Å². The standard InChI is InChI=1S/C19H19N3OS/c1-12-6-7-17-13(8-12)9-18(24-17)19(23)22-21-11-14-10-20-16-5-3-2-4-15(14)16/h2-5,9-12,20H,6-8H2,1H3,(H,22,23)/b21-11+/t12-/m1/s1. The SMILES string of the molecule is C[C@@H]1CCc2sc(C(=O)N/N=C/c3c[nH]c4ccccc34)cc2C1. The van der Waals surface area contributed by atoms with E-state index in [1.807, 2.05) is 36.5 Å². The summed E-state index contributed by atoms with van der Waals surface area (Å²) in [5.41, 5.74) is 6.01. The van der Waals surface area contributed by atoms with Crippen LogP contribution in [0.5, 0.6) is 0 Å². The Bertz CT molecular complexity index is 922. The van der Waals surface area contributed by atoms with Gasteiger partial charge in [-0.15, -0.1) is 11.3 Å². The zero-order valence-corrected chi connectivity index (χ0v) is 14.3. The van der Waals surface area contributed by atoms with Crippen molar-refractivity contribution in [3.05, 3.63) is 57.4 Å². The number of hydrazone groups is 1. The van der Waals surface area contributed by atoms with Crippen molar-refractivity contribution in [1.29, 1.82) is 0 Å². The van der Waals surface area contributed by atoms with Crippen molar-refractivity contribution in [3.63, 3.8) is 0 Å². The molecule has 2 N–H and O–H groups in total. The van der Waals surface area contributed by atoms with Crippen LogP contribution in [-0.2, 0) is 12.8 Å². The Hall–Kier alpha value is -2.40. The highest BCUT2D eigenvalue weighted by Gasteiger charge is 2.20. The molecule has 1 amide bonds. The number of hydrogen-bond donors (Lipinski definition) is 2. The van der Waals surface area contributed by atoms with Crippen molar-refractivity contribution in [2.24, 2.45) is 11.0 Å². The summed E-state index contributed by atoms with van der Waals surface area (Å²) in [4.78, 5) is 17.6. The van der Waals surface area contributed by atoms with Gasteiger partial charge in [-0.05, 0) is 42.9 Å². The Morgan fingerprint density at radius 3 is 3.21 bits per heavy atom. The van der Waals surface area contributed by atoms with Gasteiger partial charge in [-0.2, -0.15) is 5.10 Å². The Morgan fingerprint density at radius 2 is 2.29 bits per heavy atom. The summed E-state index contributed by atoms with van der Waals surface area (Å²) in [5.74, 6) is 0.584. The predicted molar refractivity (Wildman–Crippen MR) is 98.9 cm³/mol. The minimum absolute atomic E-state index is 0.127. The van der Waals surface area contributed by atoms with Gasteiger partial charge in [0.15, 0.2) is 0 Å². The summed E-state index contributed by atoms with van der Waals surface area (Å²) in [6, 6.07) is 10.1. The van der Waals surface area contributed by atoms with Crippen LogP contribution in [0.1, 0.15) is 39.0 Å². The normalized spacial score (nSPS) is 17.3. The molecule has 1 atom stereocenters. The maximum absolute atomic E-state index is 12.3. The average Bonchev–Trinajstić information content (AvgIpc) is 3.18. The molecule has 24 heavy (non-hydrogen) atoms. The minimum atomic E-state index is -0.127. The number of nitrogens with zero attached hydrogens (tertiary/aromatic N) is 1. The van der Waals surface area contributed by atoms with Crippen molar-refractivity contribution < 1.29 is 4.79 Å². The number of H-pyrrole nitrogens is 1. The predicted octanol–water partition coefficient (Wildman–Crippen LogP) is 4.12. The highest BCUT2D eigenvalue weighted by Crippen LogP contribution is 2.32. The van der Waals surface area contributed by atoms with Gasteiger partial charge in [-0.25, -0.2) is 5.43 Å². The number of rotatable bonds is 3. The molecule has 0 unspecified atom stereocenters. The fourth-order valence-electron chi connectivity index (χ4n) is 3.23. The molecule has 122 valence electrons. The lowest BCUT2D eigenvalue weighted by Crippen LogP contribution is -2.16. The molecule has 1 aliphatic carbocycles. The largest absolute Gasteiger partial charge is 0.361 e. The van der Waals surface area contributed by atoms with Crippen LogP contribution in [0.4, 0.5) is 0 Å². The second-order valence-corrected chi connectivity index (χ2v) is 7.53. The van der Waals surface area contributed by atoms with Gasteiger partial charge in [0.2, 0.25) is 0 Å². The number of aromatic nitrogens is 1. The lowest BCUT2D eigenvalue weighted by atomic mass is 9.90. The van der Waals surface area contributed by atoms with E-state index in [1.165, 1.54) is 16.9 Å². The van der Waals surface area contributed by atoms with Crippen LogP contribution in [0.2, 0.25) is 0 Å². The molecule has 1 aromatic carbocycles. The van der Waals surface area contributed by atoms with Crippen LogP contribution < -0.4 is 5.43 Å². The van der Waals surface area contributed by atoms with Crippen LogP contribution >= 0.6 is 11.3 Å². The lowest BCUT2D eigenvalue weighted by molar-refractivity contribution is 0.0959. The number of nitrogens with one attached hydrogen (secondary N) is 2. The van der Waals surface area contributed by atoms with Crippen LogP contribution in [0.25, 0.3) is 10.9 Å². The van der Waals surface area contributed by atoms with Gasteiger partial charge < -0.3 is 4.98 Å². The van der Waals surface area contributed by atoms with E-state index in [0.29, 0.717) is 5.92 Å². The molecule has 0 radical (unpaired) electrons. The lowest BCUT2D eigenvalue weighted by Gasteiger charge is -2.16. The molecule has 1 aliphatic rings. The van der Waals surface area contributed by atoms with Gasteiger partial charge in [0.25, 0.3) is 5.91 Å². The van der Waals surface area contributed by atoms with E-state index in [4.69, 9.17) is 0 Å². The molecule has 5 heteroatoms. The molecule has 0 aliphatic heterocycles. The molecule has 0 saturated carbocycles. The van der Waals surface area contributed by atoms with E-state index in [9.17, 15) is 4.79 Å². The number of fused-ring (bicyclic) bond motifs is 2. The van der Waals surface area contributed by atoms with Crippen molar-refractivity contribution in [3.8, 4) is 0 Å². The van der Waals surface area contributed by atoms with E-state index >= 15 is 0 Å². The molecule has 4 rings (SSSR count). The minimum Gasteiger partial charge on any atom is -0.361 e. The molecule has 0 bridgehead atoms. The molecule has 2 heterocycles. The number of aromatic amines is 1. The second-order valence-electron chi connectivity index (χ2n) is 6.40. The monoisotopic (exact) mass is 337 g/mol. The second kappa shape index (κ2) is 6.24. The van der Waals surface area contributed by atoms with Crippen LogP contribution in [-0.4, -0.2) is 17.1 Å². The fourth-order valence-corrected chi connectivity index (χ4v) is 4.33. The van der Waals surface area contributed by atoms with Crippen molar-refractivity contribution in [1.82, 2.24) is 10.4 Å². The van der Waals surface area contributed by atoms with Crippen LogP contribution in [0, 0.1) is 5.92 Å². The summed E-state index contributed by atoms with van der Waals surface area (Å²) in [6.45, 7) is 2.27. The topological polar surface area (TPSA) is 57.2 Å². The maximum Gasteiger partial charge on any atom is 0.281 e. The smallest absolute Gasteiger partial charge is 0.281 e. The first-order chi connectivity index (χ1) is 11.7. The summed E-state index contributed by atoms with van der Waals surface area (Å²) >= 11 is 1.60. The number of benzene rings is 1. The number of aryl methyl sites for hydroxylation is 1. The first-order valence-electron chi connectivity index (χ1n) is 8.22. The van der Waals surface area contributed by atoms with Gasteiger partial charge in [0.1, 0.15) is 0 Å². The third kappa shape index (κ3) is 2.87. The molecule has 3 aromatic rings. The summed E-state index contributed by atoms with van der Waals surface area (Å²) < 4.78 is 0. The molecule has 4 nitrogen and oxygen atoms in total. The zero-order chi connectivity index (χ0) is 16.5. The third-order valence-corrected chi connectivity index (χ3v) is 5.78. The van der Waals surface area contributed by atoms with E-state index in [2.05, 4.69) is 22.4 Å². The molecular formula is C19H19N3OS. The molecule has 0 spiro atoms. The van der Waals surface area contributed by atoms with E-state index < -0.39 is 0 Å². The number of thiophene rings is 1. The highest BCUT2D eigenvalue weighted by molar-refractivity contribution is 7.14. The molecule has 0 fully saturated rings. The van der Waals surface area contributed by atoms with E-state index in [1.54, 1.807) is 17.6 Å². The fraction of sp³-hybridized carbons (Fsp3) is 0.263. The first-order valence-corrected chi connectivity index (χ1v) is 9.03. The van der Waals surface area contributed by atoms with Gasteiger partial charge in [-0.1, -0.05) is 25.1 Å². The van der Waals surface area contributed by atoms with Gasteiger partial charge in [0, 0.05) is 27.5 Å². The van der Waals surface area contributed by atoms with E-state index in [-0.39, 0.29) is 5.91 Å². The number of para-hydroxylation sites is 1. The molecular weight excluding hydrogens is 318 g/mol. The zero-order valence-electron chi connectivity index (χ0n) is 13.5. The van der Waals surface area contributed by atoms with Crippen molar-refractivity contribution in [2.45, 2.75) is 26.2 Å². The Kier molecular flexibility index (Phi) is 3.94. The van der Waals surface area contributed by atoms with Crippen LogP contribution in [0.3, 0.4) is 0 Å². The quantitative estimate of drug-likeness (QED) is 0.548. The number of carbonyl (C=O) groups is 1. The Morgan fingerprint density at radius 1 is 1.42 bits per heavy atom. The molecule has 0 saturated heterocycles.